The molecule has 35 heavy (non-hydrogen) atoms. The Labute approximate surface area is 206 Å². The fourth-order valence-corrected chi connectivity index (χ4v) is 5.80. The van der Waals surface area contributed by atoms with Gasteiger partial charge in [0.2, 0.25) is 5.91 Å². The number of H-pyrrole nitrogens is 1. The van der Waals surface area contributed by atoms with E-state index in [2.05, 4.69) is 20.6 Å². The highest BCUT2D eigenvalue weighted by molar-refractivity contribution is 5.95. The smallest absolute Gasteiger partial charge is 0.333 e. The first kappa shape index (κ1) is 25.4. The van der Waals surface area contributed by atoms with Crippen molar-refractivity contribution in [2.45, 2.75) is 68.9 Å². The summed E-state index contributed by atoms with van der Waals surface area (Å²) in [6, 6.07) is 3.25. The molecule has 0 radical (unpaired) electrons. The van der Waals surface area contributed by atoms with Gasteiger partial charge < -0.3 is 15.5 Å². The molecule has 190 valence electrons. The average molecular weight is 514 g/mol. The first-order valence-corrected chi connectivity index (χ1v) is 11.5. The van der Waals surface area contributed by atoms with Crippen molar-refractivity contribution < 1.29 is 22.8 Å². The van der Waals surface area contributed by atoms with Gasteiger partial charge in [0.1, 0.15) is 0 Å². The molecule has 2 unspecified atom stereocenters. The molecule has 4 atom stereocenters. The summed E-state index contributed by atoms with van der Waals surface area (Å²) >= 11 is 0. The van der Waals surface area contributed by atoms with Crippen LogP contribution in [-0.2, 0) is 11.0 Å². The number of aromatic nitrogens is 4. The zero-order valence-electron chi connectivity index (χ0n) is 18.8. The number of halogens is 4. The number of fused-ring (bicyclic) bond motifs is 2. The number of carbonyl (C=O) groups is 2. The van der Waals surface area contributed by atoms with Crippen molar-refractivity contribution >= 4 is 24.2 Å². The third kappa shape index (κ3) is 4.73. The molecular formula is C22H27ClF3N7O2. The number of amides is 2. The van der Waals surface area contributed by atoms with Crippen molar-refractivity contribution in [2.24, 2.45) is 11.7 Å². The molecule has 0 aliphatic carbocycles. The third-order valence-electron chi connectivity index (χ3n) is 7.45. The molecule has 1 aromatic carbocycles. The van der Waals surface area contributed by atoms with Crippen LogP contribution in [0.5, 0.6) is 0 Å². The fourth-order valence-electron chi connectivity index (χ4n) is 5.80. The van der Waals surface area contributed by atoms with Crippen LogP contribution in [0.15, 0.2) is 24.3 Å². The minimum atomic E-state index is -4.44. The van der Waals surface area contributed by atoms with E-state index in [1.807, 2.05) is 0 Å². The van der Waals surface area contributed by atoms with Crippen molar-refractivity contribution in [3.8, 4) is 0 Å². The molecule has 9 nitrogen and oxygen atoms in total. The van der Waals surface area contributed by atoms with Crippen molar-refractivity contribution in [2.75, 3.05) is 6.54 Å². The van der Waals surface area contributed by atoms with Crippen LogP contribution in [0.1, 0.15) is 66.3 Å². The number of piperidine rings is 1. The number of carbonyl (C=O) groups excluding carboxylic acids is 2. The van der Waals surface area contributed by atoms with Gasteiger partial charge in [-0.05, 0) is 68.7 Å². The van der Waals surface area contributed by atoms with Gasteiger partial charge in [-0.15, -0.1) is 22.6 Å². The number of nitrogens with zero attached hydrogens (tertiary/aromatic N) is 5. The summed E-state index contributed by atoms with van der Waals surface area (Å²) in [5.41, 5.74) is 5.92. The van der Waals surface area contributed by atoms with E-state index in [-0.39, 0.29) is 53.8 Å². The second-order valence-corrected chi connectivity index (χ2v) is 9.39. The Morgan fingerprint density at radius 2 is 1.74 bits per heavy atom. The number of benzene rings is 1. The van der Waals surface area contributed by atoms with Gasteiger partial charge in [-0.25, -0.2) is 0 Å². The maximum absolute atomic E-state index is 13.3. The van der Waals surface area contributed by atoms with Gasteiger partial charge in [0, 0.05) is 24.2 Å². The Morgan fingerprint density at radius 1 is 1.09 bits per heavy atom. The number of alkyl halides is 3. The minimum absolute atomic E-state index is 0. The van der Waals surface area contributed by atoms with Crippen LogP contribution < -0.4 is 5.73 Å². The number of likely N-dealkylation sites (tertiary alicyclic amines) is 1. The largest absolute Gasteiger partial charge is 0.416 e. The van der Waals surface area contributed by atoms with Crippen molar-refractivity contribution in [1.82, 2.24) is 30.4 Å². The quantitative estimate of drug-likeness (QED) is 0.648. The van der Waals surface area contributed by atoms with E-state index >= 15 is 0 Å². The Kier molecular flexibility index (Phi) is 7.05. The Bertz CT molecular complexity index is 1040. The highest BCUT2D eigenvalue weighted by Crippen LogP contribution is 2.41. The molecule has 13 heteroatoms. The monoisotopic (exact) mass is 513 g/mol. The van der Waals surface area contributed by atoms with Crippen LogP contribution >= 0.6 is 12.4 Å². The zero-order chi connectivity index (χ0) is 24.0. The van der Waals surface area contributed by atoms with Gasteiger partial charge in [0.05, 0.1) is 17.6 Å². The lowest BCUT2D eigenvalue weighted by atomic mass is 9.84. The topological polar surface area (TPSA) is 121 Å². The van der Waals surface area contributed by atoms with E-state index in [4.69, 9.17) is 5.73 Å². The number of rotatable bonds is 4. The SMILES string of the molecule is Cl.N[C@H](C(=O)N1CCC[C@H]1c1nn[nH]n1)C1CC2CCC(C1)N2C(=O)c1ccc(C(F)(F)F)cc1. The summed E-state index contributed by atoms with van der Waals surface area (Å²) in [5, 5.41) is 14.1. The molecule has 1 aromatic heterocycles. The van der Waals surface area contributed by atoms with Gasteiger partial charge in [-0.1, -0.05) is 5.21 Å². The maximum atomic E-state index is 13.3. The predicted octanol–water partition coefficient (Wildman–Crippen LogP) is 2.71. The maximum Gasteiger partial charge on any atom is 0.416 e. The van der Waals surface area contributed by atoms with E-state index in [1.54, 1.807) is 9.80 Å². The lowest BCUT2D eigenvalue weighted by Crippen LogP contribution is -2.54. The highest BCUT2D eigenvalue weighted by Gasteiger charge is 2.47. The summed E-state index contributed by atoms with van der Waals surface area (Å²) in [5.74, 6) is -0.00116. The first-order valence-electron chi connectivity index (χ1n) is 11.5. The normalized spacial score (nSPS) is 27.0. The summed E-state index contributed by atoms with van der Waals surface area (Å²) < 4.78 is 38.6. The molecule has 2 aromatic rings. The Morgan fingerprint density at radius 3 is 2.31 bits per heavy atom. The number of hydrogen-bond donors (Lipinski definition) is 2. The molecule has 5 rings (SSSR count). The van der Waals surface area contributed by atoms with Gasteiger partial charge in [0.15, 0.2) is 5.82 Å². The summed E-state index contributed by atoms with van der Waals surface area (Å²) in [6.07, 6.45) is -0.0771. The van der Waals surface area contributed by atoms with Gasteiger partial charge in [0.25, 0.3) is 5.91 Å². The van der Waals surface area contributed by atoms with Crippen LogP contribution in [0.4, 0.5) is 13.2 Å². The molecule has 4 heterocycles. The minimum Gasteiger partial charge on any atom is -0.333 e. The highest BCUT2D eigenvalue weighted by atomic mass is 35.5. The second kappa shape index (κ2) is 9.73. The molecule has 2 amide bonds. The first-order chi connectivity index (χ1) is 16.2. The molecule has 3 aliphatic heterocycles. The molecule has 2 bridgehead atoms. The van der Waals surface area contributed by atoms with E-state index in [0.29, 0.717) is 25.2 Å². The number of aromatic amines is 1. The van der Waals surface area contributed by atoms with Crippen LogP contribution in [0, 0.1) is 5.92 Å². The molecule has 0 saturated carbocycles. The number of tetrazole rings is 1. The molecule has 3 aliphatic rings. The predicted molar refractivity (Wildman–Crippen MR) is 120 cm³/mol. The van der Waals surface area contributed by atoms with Crippen LogP contribution in [0.3, 0.4) is 0 Å². The molecule has 3 saturated heterocycles. The number of hydrogen-bond acceptors (Lipinski definition) is 6. The van der Waals surface area contributed by atoms with Crippen molar-refractivity contribution in [3.05, 3.63) is 41.2 Å². The molecule has 3 N–H and O–H groups in total. The van der Waals surface area contributed by atoms with E-state index in [0.717, 1.165) is 37.8 Å². The van der Waals surface area contributed by atoms with E-state index in [1.165, 1.54) is 12.1 Å². The molecule has 3 fully saturated rings. The summed E-state index contributed by atoms with van der Waals surface area (Å²) in [4.78, 5) is 29.9. The van der Waals surface area contributed by atoms with Gasteiger partial charge in [-0.2, -0.15) is 18.4 Å². The average Bonchev–Trinajstić information content (AvgIpc) is 3.56. The van der Waals surface area contributed by atoms with Crippen molar-refractivity contribution in [1.29, 1.82) is 0 Å². The Hall–Kier alpha value is -2.73. The second-order valence-electron chi connectivity index (χ2n) is 9.39. The number of nitrogens with one attached hydrogen (secondary N) is 1. The summed E-state index contributed by atoms with van der Waals surface area (Å²) in [6.45, 7) is 0.587. The van der Waals surface area contributed by atoms with Crippen LogP contribution in [0.25, 0.3) is 0 Å². The Balaban J connectivity index is 0.00000289. The summed E-state index contributed by atoms with van der Waals surface area (Å²) in [7, 11) is 0. The van der Waals surface area contributed by atoms with Crippen LogP contribution in [-0.4, -0.2) is 66.9 Å². The molecule has 0 spiro atoms. The van der Waals surface area contributed by atoms with Crippen LogP contribution in [0.2, 0.25) is 0 Å². The fraction of sp³-hybridized carbons (Fsp3) is 0.591. The number of nitrogens with two attached hydrogens (primary N) is 1. The molecular weight excluding hydrogens is 487 g/mol. The van der Waals surface area contributed by atoms with E-state index in [9.17, 15) is 22.8 Å². The standard InChI is InChI=1S/C22H26F3N7O2.ClH/c23-22(24,25)14-5-3-12(4-6-14)20(33)32-15-7-8-16(32)11-13(10-15)18(26)21(34)31-9-1-2-17(31)19-27-29-30-28-19;/h3-6,13,15-18H,1-2,7-11,26H2,(H,27,28,29,30);1H/t13?,15?,16?,17-,18-;/m0./s1. The van der Waals surface area contributed by atoms with Gasteiger partial charge >= 0.3 is 6.18 Å². The lowest BCUT2D eigenvalue weighted by Gasteiger charge is -2.41. The lowest BCUT2D eigenvalue weighted by molar-refractivity contribution is -0.137. The van der Waals surface area contributed by atoms with Gasteiger partial charge in [-0.3, -0.25) is 9.59 Å². The van der Waals surface area contributed by atoms with Crippen molar-refractivity contribution in [3.63, 3.8) is 0 Å². The van der Waals surface area contributed by atoms with E-state index < -0.39 is 17.8 Å². The zero-order valence-corrected chi connectivity index (χ0v) is 19.6. The third-order valence-corrected chi connectivity index (χ3v) is 7.45.